The van der Waals surface area contributed by atoms with Crippen LogP contribution in [0, 0.1) is 0 Å². The third-order valence-corrected chi connectivity index (χ3v) is 12.4. The predicted octanol–water partition coefficient (Wildman–Crippen LogP) is 16.4. The summed E-state index contributed by atoms with van der Waals surface area (Å²) in [5, 5.41) is 0. The standard InChI is InChI=1S/C47H89O6P/c1-6-11-14-17-20-23-26-29-32-35-38-49-45-41-44(43-54(48,52-9-4)53-10-5)42-46(50-39-36-33-30-27-24-21-18-15-12-7-2)47(45)51-40-37-34-31-28-25-22-19-16-13-8-3/h41-42H,6-40,43H2,1-5H3. The Hall–Kier alpha value is -1.23. The van der Waals surface area contributed by atoms with E-state index in [9.17, 15) is 4.57 Å². The van der Waals surface area contributed by atoms with Gasteiger partial charge in [0.15, 0.2) is 11.5 Å². The molecule has 6 nitrogen and oxygen atoms in total. The third-order valence-electron chi connectivity index (χ3n) is 10.4. The Labute approximate surface area is 335 Å². The fourth-order valence-electron chi connectivity index (χ4n) is 7.13. The van der Waals surface area contributed by atoms with Gasteiger partial charge in [-0.3, -0.25) is 4.57 Å². The molecule has 7 heteroatoms. The second kappa shape index (κ2) is 37.4. The topological polar surface area (TPSA) is 63.2 Å². The maximum atomic E-state index is 13.6. The van der Waals surface area contributed by atoms with E-state index in [2.05, 4.69) is 20.8 Å². The number of hydrogen-bond acceptors (Lipinski definition) is 6. The summed E-state index contributed by atoms with van der Waals surface area (Å²) in [6, 6.07) is 3.98. The molecule has 0 bridgehead atoms. The first-order valence-corrected chi connectivity index (χ1v) is 25.2. The summed E-state index contributed by atoms with van der Waals surface area (Å²) in [6.07, 6.45) is 38.7. The highest BCUT2D eigenvalue weighted by Gasteiger charge is 2.26. The fourth-order valence-corrected chi connectivity index (χ4v) is 8.81. The summed E-state index contributed by atoms with van der Waals surface area (Å²) in [7, 11) is -3.31. The van der Waals surface area contributed by atoms with Crippen LogP contribution in [-0.2, 0) is 19.8 Å². The first kappa shape index (κ1) is 50.8. The zero-order chi connectivity index (χ0) is 39.2. The quantitative estimate of drug-likeness (QED) is 0.0486. The Morgan fingerprint density at radius 2 is 0.667 bits per heavy atom. The molecule has 0 saturated heterocycles. The molecule has 0 amide bonds. The van der Waals surface area contributed by atoms with Crippen molar-refractivity contribution >= 4 is 7.60 Å². The van der Waals surface area contributed by atoms with Gasteiger partial charge in [-0.1, -0.05) is 194 Å². The van der Waals surface area contributed by atoms with Gasteiger partial charge in [0, 0.05) is 0 Å². The lowest BCUT2D eigenvalue weighted by molar-refractivity contribution is 0.218. The van der Waals surface area contributed by atoms with E-state index in [0.717, 1.165) is 37.7 Å². The maximum Gasteiger partial charge on any atom is 0.335 e. The minimum Gasteiger partial charge on any atom is -0.490 e. The lowest BCUT2D eigenvalue weighted by Gasteiger charge is -2.21. The van der Waals surface area contributed by atoms with Gasteiger partial charge in [0.25, 0.3) is 0 Å². The van der Waals surface area contributed by atoms with E-state index in [4.69, 9.17) is 23.3 Å². The Balaban J connectivity index is 2.92. The molecule has 54 heavy (non-hydrogen) atoms. The van der Waals surface area contributed by atoms with Gasteiger partial charge in [-0.05, 0) is 50.8 Å². The van der Waals surface area contributed by atoms with E-state index in [-0.39, 0.29) is 6.16 Å². The highest BCUT2D eigenvalue weighted by molar-refractivity contribution is 7.53. The second-order valence-corrected chi connectivity index (χ2v) is 17.7. The minimum atomic E-state index is -3.31. The number of hydrogen-bond donors (Lipinski definition) is 0. The van der Waals surface area contributed by atoms with Crippen LogP contribution in [0.2, 0.25) is 0 Å². The van der Waals surface area contributed by atoms with Gasteiger partial charge in [-0.2, -0.15) is 0 Å². The summed E-state index contributed by atoms with van der Waals surface area (Å²) in [5.41, 5.74) is 0.836. The number of unbranched alkanes of at least 4 members (excludes halogenated alkanes) is 27. The first-order chi connectivity index (χ1) is 26.5. The van der Waals surface area contributed by atoms with Gasteiger partial charge in [0.05, 0.1) is 39.2 Å². The summed E-state index contributed by atoms with van der Waals surface area (Å²) in [4.78, 5) is 0. The number of ether oxygens (including phenoxy) is 3. The van der Waals surface area contributed by atoms with Crippen molar-refractivity contribution in [1.82, 2.24) is 0 Å². The average Bonchev–Trinajstić information content (AvgIpc) is 3.15. The molecule has 318 valence electrons. The number of rotatable bonds is 42. The van der Waals surface area contributed by atoms with Crippen LogP contribution in [0.3, 0.4) is 0 Å². The first-order valence-electron chi connectivity index (χ1n) is 23.5. The van der Waals surface area contributed by atoms with E-state index in [1.807, 2.05) is 26.0 Å². The second-order valence-electron chi connectivity index (χ2n) is 15.6. The molecule has 0 aromatic heterocycles. The Morgan fingerprint density at radius 3 is 0.963 bits per heavy atom. The maximum absolute atomic E-state index is 13.6. The summed E-state index contributed by atoms with van der Waals surface area (Å²) in [6.45, 7) is 13.1. The summed E-state index contributed by atoms with van der Waals surface area (Å²) in [5.74, 6) is 2.07. The molecule has 0 aliphatic carbocycles. The van der Waals surface area contributed by atoms with Gasteiger partial charge in [-0.25, -0.2) is 0 Å². The Bertz CT molecular complexity index is 943. The van der Waals surface area contributed by atoms with Crippen LogP contribution in [-0.4, -0.2) is 33.0 Å². The molecule has 0 saturated carbocycles. The summed E-state index contributed by atoms with van der Waals surface area (Å²) >= 11 is 0. The van der Waals surface area contributed by atoms with Crippen LogP contribution in [0.5, 0.6) is 17.2 Å². The van der Waals surface area contributed by atoms with E-state index >= 15 is 0 Å². The van der Waals surface area contributed by atoms with Crippen molar-refractivity contribution in [2.24, 2.45) is 0 Å². The van der Waals surface area contributed by atoms with Crippen molar-refractivity contribution in [2.75, 3.05) is 33.0 Å². The van der Waals surface area contributed by atoms with Crippen molar-refractivity contribution in [3.63, 3.8) is 0 Å². The van der Waals surface area contributed by atoms with Crippen LogP contribution in [0.1, 0.15) is 233 Å². The van der Waals surface area contributed by atoms with Crippen molar-refractivity contribution in [3.8, 4) is 17.2 Å². The molecule has 1 rings (SSSR count). The van der Waals surface area contributed by atoms with E-state index in [0.29, 0.717) is 50.3 Å². The van der Waals surface area contributed by atoms with Crippen LogP contribution < -0.4 is 14.2 Å². The molecule has 0 aliphatic heterocycles. The molecule has 0 N–H and O–H groups in total. The highest BCUT2D eigenvalue weighted by atomic mass is 31.2. The van der Waals surface area contributed by atoms with Gasteiger partial charge < -0.3 is 23.3 Å². The van der Waals surface area contributed by atoms with Crippen molar-refractivity contribution in [3.05, 3.63) is 17.7 Å². The van der Waals surface area contributed by atoms with E-state index in [1.54, 1.807) is 0 Å². The van der Waals surface area contributed by atoms with Gasteiger partial charge in [-0.15, -0.1) is 0 Å². The van der Waals surface area contributed by atoms with Crippen molar-refractivity contribution < 1.29 is 27.8 Å². The van der Waals surface area contributed by atoms with Crippen LogP contribution in [0.4, 0.5) is 0 Å². The van der Waals surface area contributed by atoms with Crippen LogP contribution in [0.15, 0.2) is 12.1 Å². The molecule has 0 aliphatic rings. The molecule has 0 radical (unpaired) electrons. The molecule has 0 atom stereocenters. The Kier molecular flexibility index (Phi) is 35.1. The lowest BCUT2D eigenvalue weighted by Crippen LogP contribution is -2.08. The zero-order valence-corrected chi connectivity index (χ0v) is 37.4. The monoisotopic (exact) mass is 781 g/mol. The smallest absolute Gasteiger partial charge is 0.335 e. The van der Waals surface area contributed by atoms with Crippen LogP contribution in [0.25, 0.3) is 0 Å². The predicted molar refractivity (Wildman–Crippen MR) is 233 cm³/mol. The zero-order valence-electron chi connectivity index (χ0n) is 36.5. The van der Waals surface area contributed by atoms with Gasteiger partial charge in [0.1, 0.15) is 0 Å². The molecule has 0 fully saturated rings. The molecule has 0 spiro atoms. The van der Waals surface area contributed by atoms with Gasteiger partial charge in [0.2, 0.25) is 5.75 Å². The van der Waals surface area contributed by atoms with Crippen molar-refractivity contribution in [2.45, 2.75) is 233 Å². The minimum absolute atomic E-state index is 0.177. The average molecular weight is 781 g/mol. The number of benzene rings is 1. The Morgan fingerprint density at radius 1 is 0.389 bits per heavy atom. The highest BCUT2D eigenvalue weighted by Crippen LogP contribution is 2.53. The normalized spacial score (nSPS) is 11.7. The molecular weight excluding hydrogens is 691 g/mol. The summed E-state index contributed by atoms with van der Waals surface area (Å²) < 4.78 is 44.6. The third kappa shape index (κ3) is 28.2. The molecular formula is C47H89O6P. The fraction of sp³-hybridized carbons (Fsp3) is 0.872. The van der Waals surface area contributed by atoms with E-state index in [1.165, 1.54) is 161 Å². The molecule has 1 aromatic rings. The lowest BCUT2D eigenvalue weighted by atomic mass is 10.1. The van der Waals surface area contributed by atoms with E-state index < -0.39 is 7.60 Å². The SMILES string of the molecule is CCCCCCCCCCCCOc1cc(CP(=O)(OCC)OCC)cc(OCCCCCCCCCCCC)c1OCCCCCCCCCCCC. The van der Waals surface area contributed by atoms with Crippen molar-refractivity contribution in [1.29, 1.82) is 0 Å². The van der Waals surface area contributed by atoms with Gasteiger partial charge >= 0.3 is 7.60 Å². The largest absolute Gasteiger partial charge is 0.490 e. The molecule has 1 aromatic carbocycles. The van der Waals surface area contributed by atoms with Crippen LogP contribution >= 0.6 is 7.60 Å². The molecule has 0 unspecified atom stereocenters. The molecule has 0 heterocycles.